The fraction of sp³-hybridized carbons (Fsp3) is 0.0952. The number of phenols is 1. The Morgan fingerprint density at radius 1 is 1.18 bits per heavy atom. The van der Waals surface area contributed by atoms with Gasteiger partial charge in [-0.1, -0.05) is 42.5 Å². The maximum atomic E-state index is 10.3. The number of H-pyrrole nitrogens is 1. The standard InChI is InChI=1S/C21H18N4O2S/c1-2-27-16-8-5-7-15(12-16)20-23-24-21(28)25(20)22-13-18-17-9-4-3-6-14(17)10-11-19(18)26/h3-13,26H,2H2,1H3,(H,24,28). The summed E-state index contributed by atoms with van der Waals surface area (Å²) in [6.45, 7) is 2.51. The molecule has 140 valence electrons. The van der Waals surface area contributed by atoms with Crippen LogP contribution in [0, 0.1) is 4.77 Å². The summed E-state index contributed by atoms with van der Waals surface area (Å²) in [5.74, 6) is 1.45. The van der Waals surface area contributed by atoms with Gasteiger partial charge in [-0.3, -0.25) is 0 Å². The van der Waals surface area contributed by atoms with Gasteiger partial charge in [0.25, 0.3) is 0 Å². The van der Waals surface area contributed by atoms with E-state index in [2.05, 4.69) is 15.3 Å². The number of rotatable bonds is 5. The Hall–Kier alpha value is -3.45. The smallest absolute Gasteiger partial charge is 0.216 e. The van der Waals surface area contributed by atoms with Gasteiger partial charge in [-0.2, -0.15) is 14.9 Å². The number of hydrogen-bond acceptors (Lipinski definition) is 5. The van der Waals surface area contributed by atoms with E-state index in [1.54, 1.807) is 12.3 Å². The molecule has 0 fully saturated rings. The second-order valence-electron chi connectivity index (χ2n) is 6.09. The molecular formula is C21H18N4O2S. The van der Waals surface area contributed by atoms with Gasteiger partial charge in [0.15, 0.2) is 5.82 Å². The lowest BCUT2D eigenvalue weighted by molar-refractivity contribution is 0.340. The van der Waals surface area contributed by atoms with Gasteiger partial charge in [0, 0.05) is 11.1 Å². The number of nitrogens with zero attached hydrogens (tertiary/aromatic N) is 3. The van der Waals surface area contributed by atoms with Crippen molar-refractivity contribution >= 4 is 29.2 Å². The molecule has 0 aliphatic heterocycles. The number of aromatic hydroxyl groups is 1. The van der Waals surface area contributed by atoms with Gasteiger partial charge in [0.1, 0.15) is 11.5 Å². The maximum absolute atomic E-state index is 10.3. The van der Waals surface area contributed by atoms with Crippen molar-refractivity contribution in [2.45, 2.75) is 6.92 Å². The molecule has 0 radical (unpaired) electrons. The van der Waals surface area contributed by atoms with Crippen molar-refractivity contribution in [3.05, 3.63) is 71.0 Å². The van der Waals surface area contributed by atoms with E-state index in [-0.39, 0.29) is 5.75 Å². The largest absolute Gasteiger partial charge is 0.507 e. The molecule has 4 rings (SSSR count). The highest BCUT2D eigenvalue weighted by Crippen LogP contribution is 2.26. The molecular weight excluding hydrogens is 372 g/mol. The third-order valence-corrected chi connectivity index (χ3v) is 4.57. The average Bonchev–Trinajstić information content (AvgIpc) is 3.08. The Morgan fingerprint density at radius 3 is 2.89 bits per heavy atom. The van der Waals surface area contributed by atoms with Crippen LogP contribution in [0.2, 0.25) is 0 Å². The van der Waals surface area contributed by atoms with E-state index in [9.17, 15) is 5.11 Å². The first-order valence-corrected chi connectivity index (χ1v) is 9.24. The monoisotopic (exact) mass is 390 g/mol. The first-order valence-electron chi connectivity index (χ1n) is 8.83. The number of fused-ring (bicyclic) bond motifs is 1. The van der Waals surface area contributed by atoms with E-state index < -0.39 is 0 Å². The zero-order valence-corrected chi connectivity index (χ0v) is 16.0. The molecule has 0 spiro atoms. The SMILES string of the molecule is CCOc1cccc(-c2n[nH]c(=S)n2N=Cc2c(O)ccc3ccccc23)c1. The lowest BCUT2D eigenvalue weighted by Crippen LogP contribution is -1.97. The fourth-order valence-corrected chi connectivity index (χ4v) is 3.19. The van der Waals surface area contributed by atoms with E-state index in [1.807, 2.05) is 61.5 Å². The Labute approximate surface area is 166 Å². The highest BCUT2D eigenvalue weighted by molar-refractivity contribution is 7.71. The Balaban J connectivity index is 1.79. The summed E-state index contributed by atoms with van der Waals surface area (Å²) < 4.78 is 7.45. The van der Waals surface area contributed by atoms with E-state index >= 15 is 0 Å². The number of aromatic amines is 1. The molecule has 0 atom stereocenters. The van der Waals surface area contributed by atoms with Crippen molar-refractivity contribution in [1.29, 1.82) is 0 Å². The van der Waals surface area contributed by atoms with Gasteiger partial charge in [-0.15, -0.1) is 0 Å². The van der Waals surface area contributed by atoms with Crippen molar-refractivity contribution in [2.75, 3.05) is 6.61 Å². The molecule has 0 unspecified atom stereocenters. The van der Waals surface area contributed by atoms with Gasteiger partial charge < -0.3 is 9.84 Å². The minimum Gasteiger partial charge on any atom is -0.507 e. The van der Waals surface area contributed by atoms with Crippen LogP contribution < -0.4 is 4.74 Å². The van der Waals surface area contributed by atoms with Crippen molar-refractivity contribution in [3.63, 3.8) is 0 Å². The summed E-state index contributed by atoms with van der Waals surface area (Å²) in [6.07, 6.45) is 1.60. The molecule has 0 saturated heterocycles. The topological polar surface area (TPSA) is 75.4 Å². The minimum absolute atomic E-state index is 0.150. The number of hydrogen-bond donors (Lipinski definition) is 2. The molecule has 6 nitrogen and oxygen atoms in total. The average molecular weight is 390 g/mol. The van der Waals surface area contributed by atoms with Gasteiger partial charge in [0.05, 0.1) is 12.8 Å². The van der Waals surface area contributed by atoms with E-state index in [1.165, 1.54) is 4.68 Å². The normalized spacial score (nSPS) is 11.3. The number of ether oxygens (including phenoxy) is 1. The maximum Gasteiger partial charge on any atom is 0.216 e. The quantitative estimate of drug-likeness (QED) is 0.381. The first-order chi connectivity index (χ1) is 13.7. The van der Waals surface area contributed by atoms with Crippen LogP contribution in [0.25, 0.3) is 22.2 Å². The van der Waals surface area contributed by atoms with E-state index in [0.717, 1.165) is 22.1 Å². The predicted octanol–water partition coefficient (Wildman–Crippen LogP) is 4.75. The minimum atomic E-state index is 0.150. The van der Waals surface area contributed by atoms with Crippen LogP contribution in [0.3, 0.4) is 0 Å². The molecule has 0 amide bonds. The van der Waals surface area contributed by atoms with Crippen LogP contribution in [0.4, 0.5) is 0 Å². The number of benzene rings is 3. The fourth-order valence-electron chi connectivity index (χ4n) is 3.01. The zero-order valence-electron chi connectivity index (χ0n) is 15.2. The van der Waals surface area contributed by atoms with E-state index in [0.29, 0.717) is 22.8 Å². The molecule has 3 aromatic carbocycles. The molecule has 0 bridgehead atoms. The zero-order chi connectivity index (χ0) is 19.5. The van der Waals surface area contributed by atoms with Gasteiger partial charge in [-0.25, -0.2) is 5.10 Å². The third-order valence-electron chi connectivity index (χ3n) is 4.30. The summed E-state index contributed by atoms with van der Waals surface area (Å²) >= 11 is 5.34. The second-order valence-corrected chi connectivity index (χ2v) is 6.48. The van der Waals surface area contributed by atoms with Crippen molar-refractivity contribution < 1.29 is 9.84 Å². The summed E-state index contributed by atoms with van der Waals surface area (Å²) in [5, 5.41) is 23.8. The molecule has 0 aliphatic rings. The third kappa shape index (κ3) is 3.39. The Bertz CT molecular complexity index is 1230. The lowest BCUT2D eigenvalue weighted by Gasteiger charge is -2.06. The van der Waals surface area contributed by atoms with Gasteiger partial charge >= 0.3 is 0 Å². The molecule has 28 heavy (non-hydrogen) atoms. The number of aromatic nitrogens is 3. The van der Waals surface area contributed by atoms with Crippen molar-refractivity contribution in [2.24, 2.45) is 5.10 Å². The predicted molar refractivity (Wildman–Crippen MR) is 113 cm³/mol. The molecule has 1 heterocycles. The van der Waals surface area contributed by atoms with Gasteiger partial charge in [-0.05, 0) is 48.1 Å². The highest BCUT2D eigenvalue weighted by Gasteiger charge is 2.10. The first kappa shape index (κ1) is 17.9. The van der Waals surface area contributed by atoms with Crippen LogP contribution in [-0.2, 0) is 0 Å². The number of nitrogens with one attached hydrogen (secondary N) is 1. The molecule has 4 aromatic rings. The summed E-state index contributed by atoms with van der Waals surface area (Å²) in [5.41, 5.74) is 1.44. The molecule has 7 heteroatoms. The summed E-state index contributed by atoms with van der Waals surface area (Å²) in [7, 11) is 0. The molecule has 1 aromatic heterocycles. The highest BCUT2D eigenvalue weighted by atomic mass is 32.1. The summed E-state index contributed by atoms with van der Waals surface area (Å²) in [6, 6.07) is 18.9. The molecule has 0 aliphatic carbocycles. The van der Waals surface area contributed by atoms with Crippen LogP contribution >= 0.6 is 12.2 Å². The Morgan fingerprint density at radius 2 is 2.04 bits per heavy atom. The van der Waals surface area contributed by atoms with Crippen LogP contribution in [0.5, 0.6) is 11.5 Å². The summed E-state index contributed by atoms with van der Waals surface area (Å²) in [4.78, 5) is 0. The van der Waals surface area contributed by atoms with Crippen molar-refractivity contribution in [1.82, 2.24) is 14.9 Å². The van der Waals surface area contributed by atoms with Crippen LogP contribution in [0.15, 0.2) is 65.8 Å². The van der Waals surface area contributed by atoms with Crippen LogP contribution in [-0.4, -0.2) is 32.8 Å². The van der Waals surface area contributed by atoms with Crippen LogP contribution in [0.1, 0.15) is 12.5 Å². The Kier molecular flexibility index (Phi) is 4.90. The second kappa shape index (κ2) is 7.66. The lowest BCUT2D eigenvalue weighted by atomic mass is 10.0. The van der Waals surface area contributed by atoms with Gasteiger partial charge in [0.2, 0.25) is 4.77 Å². The van der Waals surface area contributed by atoms with E-state index in [4.69, 9.17) is 17.0 Å². The molecule has 2 N–H and O–H groups in total. The molecule has 0 saturated carbocycles. The van der Waals surface area contributed by atoms with Crippen molar-refractivity contribution in [3.8, 4) is 22.9 Å². The number of phenolic OH excluding ortho intramolecular Hbond substituents is 1.